The average molecular weight is 179 g/mol. The summed E-state index contributed by atoms with van der Waals surface area (Å²) < 4.78 is 0. The Hall–Kier alpha value is -1.05. The maximum Gasteiger partial charge on any atom is 0.207 e. The van der Waals surface area contributed by atoms with Crippen LogP contribution in [0.5, 0.6) is 0 Å². The van der Waals surface area contributed by atoms with E-state index < -0.39 is 0 Å². The zero-order chi connectivity index (χ0) is 9.84. The molecule has 72 valence electrons. The molecule has 0 spiro atoms. The van der Waals surface area contributed by atoms with Gasteiger partial charge in [-0.05, 0) is 30.4 Å². The van der Waals surface area contributed by atoms with Gasteiger partial charge >= 0.3 is 0 Å². The van der Waals surface area contributed by atoms with Crippen molar-refractivity contribution in [2.45, 2.75) is 33.2 Å². The van der Waals surface area contributed by atoms with Crippen LogP contribution in [-0.2, 0) is 4.79 Å². The molecule has 0 aromatic carbocycles. The first-order valence-electron chi connectivity index (χ1n) is 4.79. The molecule has 0 heterocycles. The first-order valence-corrected chi connectivity index (χ1v) is 4.79. The molecule has 1 N–H and O–H groups in total. The van der Waals surface area contributed by atoms with Gasteiger partial charge < -0.3 is 5.32 Å². The molecule has 0 radical (unpaired) electrons. The molecule has 13 heavy (non-hydrogen) atoms. The second-order valence-electron chi connectivity index (χ2n) is 3.59. The Morgan fingerprint density at radius 2 is 2.31 bits per heavy atom. The minimum Gasteiger partial charge on any atom is -0.349 e. The lowest BCUT2D eigenvalue weighted by Gasteiger charge is -2.10. The van der Waals surface area contributed by atoms with Crippen molar-refractivity contribution in [2.75, 3.05) is 0 Å². The highest BCUT2D eigenvalue weighted by molar-refractivity contribution is 5.51. The van der Waals surface area contributed by atoms with Crippen LogP contribution >= 0.6 is 0 Å². The largest absolute Gasteiger partial charge is 0.349 e. The van der Waals surface area contributed by atoms with E-state index in [1.54, 1.807) is 0 Å². The summed E-state index contributed by atoms with van der Waals surface area (Å²) in [5.41, 5.74) is 2.68. The SMILES string of the molecule is CCC(C)C1=CC(NC=O)C=C1C. The van der Waals surface area contributed by atoms with Crippen LogP contribution in [0.15, 0.2) is 23.3 Å². The first kappa shape index (κ1) is 10.0. The van der Waals surface area contributed by atoms with Crippen LogP contribution in [0.2, 0.25) is 0 Å². The Morgan fingerprint density at radius 1 is 1.62 bits per heavy atom. The minimum absolute atomic E-state index is 0.112. The number of amides is 1. The van der Waals surface area contributed by atoms with E-state index in [0.717, 1.165) is 12.8 Å². The highest BCUT2D eigenvalue weighted by atomic mass is 16.1. The van der Waals surface area contributed by atoms with Gasteiger partial charge in [0.1, 0.15) is 0 Å². The molecular formula is C11H17NO. The van der Waals surface area contributed by atoms with Gasteiger partial charge in [0, 0.05) is 0 Å². The maximum atomic E-state index is 10.2. The van der Waals surface area contributed by atoms with E-state index in [2.05, 4.69) is 38.2 Å². The Morgan fingerprint density at radius 3 is 2.85 bits per heavy atom. The molecule has 2 atom stereocenters. The van der Waals surface area contributed by atoms with Crippen LogP contribution in [0.1, 0.15) is 27.2 Å². The number of carbonyl (C=O) groups is 1. The highest BCUT2D eigenvalue weighted by Crippen LogP contribution is 2.27. The molecule has 2 unspecified atom stereocenters. The van der Waals surface area contributed by atoms with Crippen LogP contribution in [0.4, 0.5) is 0 Å². The first-order chi connectivity index (χ1) is 6.19. The molecule has 0 saturated heterocycles. The number of allylic oxidation sites excluding steroid dienone is 2. The Kier molecular flexibility index (Phi) is 3.29. The van der Waals surface area contributed by atoms with E-state index in [4.69, 9.17) is 0 Å². The van der Waals surface area contributed by atoms with E-state index in [1.807, 2.05) is 0 Å². The number of rotatable bonds is 4. The molecule has 2 heteroatoms. The molecule has 1 aliphatic carbocycles. The van der Waals surface area contributed by atoms with E-state index in [9.17, 15) is 4.79 Å². The average Bonchev–Trinajstić information content (AvgIpc) is 2.46. The fourth-order valence-electron chi connectivity index (χ4n) is 1.69. The number of hydrogen-bond donors (Lipinski definition) is 1. The Balaban J connectivity index is 2.71. The van der Waals surface area contributed by atoms with Gasteiger partial charge in [0.15, 0.2) is 0 Å². The smallest absolute Gasteiger partial charge is 0.207 e. The molecule has 0 aliphatic heterocycles. The number of nitrogens with one attached hydrogen (secondary N) is 1. The van der Waals surface area contributed by atoms with Crippen molar-refractivity contribution < 1.29 is 4.79 Å². The van der Waals surface area contributed by atoms with Crippen LogP contribution in [0.3, 0.4) is 0 Å². The molecular weight excluding hydrogens is 162 g/mol. The van der Waals surface area contributed by atoms with Crippen molar-refractivity contribution in [3.05, 3.63) is 23.3 Å². The molecule has 0 aromatic heterocycles. The second-order valence-corrected chi connectivity index (χ2v) is 3.59. The van der Waals surface area contributed by atoms with Crippen molar-refractivity contribution in [3.8, 4) is 0 Å². The normalized spacial score (nSPS) is 23.5. The fraction of sp³-hybridized carbons (Fsp3) is 0.545. The van der Waals surface area contributed by atoms with Crippen molar-refractivity contribution in [1.29, 1.82) is 0 Å². The second kappa shape index (κ2) is 4.26. The van der Waals surface area contributed by atoms with Gasteiger partial charge in [-0.1, -0.05) is 26.0 Å². The summed E-state index contributed by atoms with van der Waals surface area (Å²) in [6, 6.07) is 0.112. The van der Waals surface area contributed by atoms with Crippen molar-refractivity contribution in [2.24, 2.45) is 5.92 Å². The molecule has 1 aliphatic rings. The van der Waals surface area contributed by atoms with Crippen LogP contribution < -0.4 is 5.32 Å². The van der Waals surface area contributed by atoms with Crippen LogP contribution in [-0.4, -0.2) is 12.5 Å². The summed E-state index contributed by atoms with van der Waals surface area (Å²) >= 11 is 0. The minimum atomic E-state index is 0.112. The van der Waals surface area contributed by atoms with E-state index in [1.165, 1.54) is 11.1 Å². The van der Waals surface area contributed by atoms with Gasteiger partial charge in [0.25, 0.3) is 0 Å². The topological polar surface area (TPSA) is 29.1 Å². The molecule has 1 amide bonds. The molecule has 2 nitrogen and oxygen atoms in total. The number of carbonyl (C=O) groups excluding carboxylic acids is 1. The highest BCUT2D eigenvalue weighted by Gasteiger charge is 2.17. The van der Waals surface area contributed by atoms with Gasteiger partial charge in [-0.15, -0.1) is 0 Å². The third-order valence-electron chi connectivity index (χ3n) is 2.65. The summed E-state index contributed by atoms with van der Waals surface area (Å²) in [7, 11) is 0. The van der Waals surface area contributed by atoms with Gasteiger partial charge in [-0.2, -0.15) is 0 Å². The lowest BCUT2D eigenvalue weighted by Crippen LogP contribution is -2.21. The predicted molar refractivity (Wildman–Crippen MR) is 54.3 cm³/mol. The summed E-state index contributed by atoms with van der Waals surface area (Å²) in [6.07, 6.45) is 6.13. The molecule has 0 aromatic rings. The standard InChI is InChI=1S/C11H17NO/c1-4-8(2)11-6-10(12-7-13)5-9(11)3/h5-8,10H,4H2,1-3H3,(H,12,13). The third kappa shape index (κ3) is 2.20. The molecule has 0 saturated carbocycles. The Labute approximate surface area is 79.7 Å². The van der Waals surface area contributed by atoms with Crippen LogP contribution in [0.25, 0.3) is 0 Å². The third-order valence-corrected chi connectivity index (χ3v) is 2.65. The zero-order valence-electron chi connectivity index (χ0n) is 8.50. The lowest BCUT2D eigenvalue weighted by molar-refractivity contribution is -0.109. The monoisotopic (exact) mass is 179 g/mol. The molecule has 0 fully saturated rings. The van der Waals surface area contributed by atoms with Crippen molar-refractivity contribution in [1.82, 2.24) is 5.32 Å². The van der Waals surface area contributed by atoms with E-state index in [0.29, 0.717) is 5.92 Å². The van der Waals surface area contributed by atoms with E-state index >= 15 is 0 Å². The van der Waals surface area contributed by atoms with Gasteiger partial charge in [0.05, 0.1) is 6.04 Å². The zero-order valence-corrected chi connectivity index (χ0v) is 8.50. The lowest BCUT2D eigenvalue weighted by atomic mass is 9.95. The predicted octanol–water partition coefficient (Wildman–Crippen LogP) is 2.03. The van der Waals surface area contributed by atoms with E-state index in [-0.39, 0.29) is 6.04 Å². The summed E-state index contributed by atoms with van der Waals surface area (Å²) in [5, 5.41) is 2.75. The Bertz CT molecular complexity index is 253. The van der Waals surface area contributed by atoms with Gasteiger partial charge in [-0.3, -0.25) is 4.79 Å². The number of hydrogen-bond acceptors (Lipinski definition) is 1. The van der Waals surface area contributed by atoms with Gasteiger partial charge in [-0.25, -0.2) is 0 Å². The fourth-order valence-corrected chi connectivity index (χ4v) is 1.69. The van der Waals surface area contributed by atoms with Crippen molar-refractivity contribution >= 4 is 6.41 Å². The van der Waals surface area contributed by atoms with Gasteiger partial charge in [0.2, 0.25) is 6.41 Å². The van der Waals surface area contributed by atoms with Crippen LogP contribution in [0, 0.1) is 5.92 Å². The maximum absolute atomic E-state index is 10.2. The summed E-state index contributed by atoms with van der Waals surface area (Å²) in [4.78, 5) is 10.2. The summed E-state index contributed by atoms with van der Waals surface area (Å²) in [6.45, 7) is 6.50. The molecule has 1 rings (SSSR count). The van der Waals surface area contributed by atoms with Crippen molar-refractivity contribution in [3.63, 3.8) is 0 Å². The summed E-state index contributed by atoms with van der Waals surface area (Å²) in [5.74, 6) is 0.592. The molecule has 0 bridgehead atoms. The quantitative estimate of drug-likeness (QED) is 0.657.